The number of hydrogen-bond acceptors (Lipinski definition) is 7. The normalized spacial score (nSPS) is 10.9. The van der Waals surface area contributed by atoms with Gasteiger partial charge in [0.2, 0.25) is 5.95 Å². The molecule has 3 N–H and O–H groups in total. The molecule has 0 aliphatic carbocycles. The molecule has 2 aromatic rings. The highest BCUT2D eigenvalue weighted by Crippen LogP contribution is 2.29. The monoisotopic (exact) mass is 312 g/mol. The minimum atomic E-state index is 0.271. The van der Waals surface area contributed by atoms with Crippen LogP contribution in [0, 0.1) is 6.92 Å². The molecule has 110 valence electrons. The Morgan fingerprint density at radius 1 is 1.35 bits per heavy atom. The second-order valence-electron chi connectivity index (χ2n) is 4.34. The van der Waals surface area contributed by atoms with Gasteiger partial charge in [-0.15, -0.1) is 11.3 Å². The summed E-state index contributed by atoms with van der Waals surface area (Å²) in [6.07, 6.45) is 0.857. The van der Waals surface area contributed by atoms with Crippen LogP contribution in [0.1, 0.15) is 11.3 Å². The average molecular weight is 312 g/mol. The molecule has 2 heterocycles. The number of nitrogens with zero attached hydrogens (tertiary/aromatic N) is 2. The van der Waals surface area contributed by atoms with E-state index >= 15 is 0 Å². The first-order valence-corrected chi connectivity index (χ1v) is 8.60. The smallest absolute Gasteiger partial charge is 0.225 e. The molecule has 0 aliphatic rings. The summed E-state index contributed by atoms with van der Waals surface area (Å²) in [5.74, 6) is 3.54. The molecule has 0 aliphatic heterocycles. The number of aliphatic hydroxyl groups excluding tert-OH is 1. The number of aromatic nitrogens is 2. The Morgan fingerprint density at radius 2 is 2.20 bits per heavy atom. The highest BCUT2D eigenvalue weighted by molar-refractivity contribution is 7.99. The molecule has 0 atom stereocenters. The van der Waals surface area contributed by atoms with Crippen LogP contribution in [0.2, 0.25) is 0 Å². The second kappa shape index (κ2) is 7.66. The molecule has 2 rings (SSSR count). The first kappa shape index (κ1) is 15.3. The van der Waals surface area contributed by atoms with Gasteiger partial charge in [0.1, 0.15) is 10.6 Å². The molecule has 7 heteroatoms. The van der Waals surface area contributed by atoms with E-state index in [-0.39, 0.29) is 6.61 Å². The van der Waals surface area contributed by atoms with E-state index in [4.69, 9.17) is 5.11 Å². The van der Waals surface area contributed by atoms with Crippen LogP contribution in [-0.4, -0.2) is 46.8 Å². The quantitative estimate of drug-likeness (QED) is 0.651. The summed E-state index contributed by atoms with van der Waals surface area (Å²) >= 11 is 3.52. The molecule has 0 saturated carbocycles. The molecular formula is C13H20N4OS2. The van der Waals surface area contributed by atoms with E-state index in [0.29, 0.717) is 5.95 Å². The molecule has 20 heavy (non-hydrogen) atoms. The van der Waals surface area contributed by atoms with E-state index in [1.165, 1.54) is 4.88 Å². The second-order valence-corrected chi connectivity index (χ2v) is 6.80. The summed E-state index contributed by atoms with van der Waals surface area (Å²) in [4.78, 5) is 11.2. The van der Waals surface area contributed by atoms with Crippen molar-refractivity contribution >= 4 is 45.1 Å². The van der Waals surface area contributed by atoms with Crippen molar-refractivity contribution in [3.8, 4) is 0 Å². The molecule has 0 bridgehead atoms. The van der Waals surface area contributed by atoms with Crippen molar-refractivity contribution in [2.45, 2.75) is 13.3 Å². The van der Waals surface area contributed by atoms with E-state index in [1.807, 2.05) is 18.8 Å². The summed E-state index contributed by atoms with van der Waals surface area (Å²) < 4.78 is 0. The lowest BCUT2D eigenvalue weighted by Gasteiger charge is -2.08. The van der Waals surface area contributed by atoms with Crippen molar-refractivity contribution in [2.75, 3.05) is 42.3 Å². The van der Waals surface area contributed by atoms with E-state index in [9.17, 15) is 0 Å². The maximum absolute atomic E-state index is 8.73. The van der Waals surface area contributed by atoms with E-state index in [1.54, 1.807) is 11.3 Å². The molecule has 2 aromatic heterocycles. The molecule has 0 fully saturated rings. The zero-order valence-electron chi connectivity index (χ0n) is 11.8. The molecule has 5 nitrogen and oxygen atoms in total. The fourth-order valence-corrected chi connectivity index (χ4v) is 3.46. The van der Waals surface area contributed by atoms with Crippen molar-refractivity contribution in [1.29, 1.82) is 0 Å². The molecule has 0 spiro atoms. The van der Waals surface area contributed by atoms with Gasteiger partial charge in [-0.25, -0.2) is 4.98 Å². The summed E-state index contributed by atoms with van der Waals surface area (Å²) in [6.45, 7) is 3.22. The van der Waals surface area contributed by atoms with Crippen LogP contribution < -0.4 is 10.6 Å². The fraction of sp³-hybridized carbons (Fsp3) is 0.538. The highest BCUT2D eigenvalue weighted by Gasteiger charge is 2.09. The predicted molar refractivity (Wildman–Crippen MR) is 89.2 cm³/mol. The molecule has 0 radical (unpaired) electrons. The Morgan fingerprint density at radius 3 is 2.95 bits per heavy atom. The molecule has 0 aromatic carbocycles. The first-order chi connectivity index (χ1) is 9.74. The summed E-state index contributed by atoms with van der Waals surface area (Å²) in [5, 5.41) is 16.2. The average Bonchev–Trinajstić information content (AvgIpc) is 2.82. The van der Waals surface area contributed by atoms with Crippen molar-refractivity contribution in [1.82, 2.24) is 9.97 Å². The molecule has 0 unspecified atom stereocenters. The number of aryl methyl sites for hydroxylation is 1. The Kier molecular flexibility index (Phi) is 5.87. The van der Waals surface area contributed by atoms with Crippen LogP contribution in [0.4, 0.5) is 11.8 Å². The van der Waals surface area contributed by atoms with Crippen molar-refractivity contribution < 1.29 is 5.11 Å². The van der Waals surface area contributed by atoms with Crippen molar-refractivity contribution in [2.24, 2.45) is 0 Å². The number of thiophene rings is 1. The number of fused-ring (bicyclic) bond motifs is 1. The van der Waals surface area contributed by atoms with Gasteiger partial charge >= 0.3 is 0 Å². The Bertz CT molecular complexity index is 559. The largest absolute Gasteiger partial charge is 0.396 e. The summed E-state index contributed by atoms with van der Waals surface area (Å²) in [7, 11) is 1.83. The zero-order chi connectivity index (χ0) is 14.4. The van der Waals surface area contributed by atoms with Crippen LogP contribution >= 0.6 is 23.1 Å². The lowest BCUT2D eigenvalue weighted by Crippen LogP contribution is -2.08. The number of nitrogens with one attached hydrogen (secondary N) is 2. The standard InChI is InChI=1S/C13H20N4OS2/c1-9-8-10-11(15-4-7-19-6-3-5-18)16-13(14-2)17-12(10)20-9/h8,18H,3-7H2,1-2H3,(H2,14,15,16,17). The SMILES string of the molecule is CNc1nc(NCCSCCCO)c2cc(C)sc2n1. The molecule has 0 saturated heterocycles. The minimum absolute atomic E-state index is 0.271. The number of thioether (sulfide) groups is 1. The van der Waals surface area contributed by atoms with Gasteiger partial charge in [-0.2, -0.15) is 16.7 Å². The van der Waals surface area contributed by atoms with Crippen LogP contribution in [0.3, 0.4) is 0 Å². The summed E-state index contributed by atoms with van der Waals surface area (Å²) in [6, 6.07) is 2.13. The molecule has 0 amide bonds. The van der Waals surface area contributed by atoms with Gasteiger partial charge in [-0.05, 0) is 25.2 Å². The Balaban J connectivity index is 2.00. The van der Waals surface area contributed by atoms with E-state index in [0.717, 1.165) is 40.5 Å². The van der Waals surface area contributed by atoms with E-state index < -0.39 is 0 Å². The number of rotatable bonds is 8. The fourth-order valence-electron chi connectivity index (χ4n) is 1.80. The van der Waals surface area contributed by atoms with Crippen molar-refractivity contribution in [3.05, 3.63) is 10.9 Å². The van der Waals surface area contributed by atoms with Gasteiger partial charge in [0.05, 0.1) is 5.39 Å². The van der Waals surface area contributed by atoms with Gasteiger partial charge < -0.3 is 15.7 Å². The van der Waals surface area contributed by atoms with Crippen LogP contribution in [0.5, 0.6) is 0 Å². The maximum Gasteiger partial charge on any atom is 0.225 e. The summed E-state index contributed by atoms with van der Waals surface area (Å²) in [5.41, 5.74) is 0. The molecular weight excluding hydrogens is 292 g/mol. The van der Waals surface area contributed by atoms with Gasteiger partial charge in [0, 0.05) is 30.8 Å². The third-order valence-corrected chi connectivity index (χ3v) is 4.74. The Labute approximate surface area is 127 Å². The van der Waals surface area contributed by atoms with E-state index in [2.05, 4.69) is 33.6 Å². The van der Waals surface area contributed by atoms with Crippen LogP contribution in [0.15, 0.2) is 6.07 Å². The van der Waals surface area contributed by atoms with Crippen LogP contribution in [-0.2, 0) is 0 Å². The predicted octanol–water partition coefficient (Wildman–Crippen LogP) is 2.57. The maximum atomic E-state index is 8.73. The number of aliphatic hydroxyl groups is 1. The minimum Gasteiger partial charge on any atom is -0.396 e. The van der Waals surface area contributed by atoms with Gasteiger partial charge in [0.15, 0.2) is 0 Å². The van der Waals surface area contributed by atoms with Gasteiger partial charge in [-0.3, -0.25) is 0 Å². The van der Waals surface area contributed by atoms with Crippen LogP contribution in [0.25, 0.3) is 10.2 Å². The highest BCUT2D eigenvalue weighted by atomic mass is 32.2. The van der Waals surface area contributed by atoms with Gasteiger partial charge in [0.25, 0.3) is 0 Å². The third-order valence-electron chi connectivity index (χ3n) is 2.73. The number of hydrogen-bond donors (Lipinski definition) is 3. The first-order valence-electron chi connectivity index (χ1n) is 6.63. The lowest BCUT2D eigenvalue weighted by molar-refractivity contribution is 0.296. The Hall–Kier alpha value is -1.05. The number of anilines is 2. The van der Waals surface area contributed by atoms with Gasteiger partial charge in [-0.1, -0.05) is 0 Å². The zero-order valence-corrected chi connectivity index (χ0v) is 13.4. The topological polar surface area (TPSA) is 70.1 Å². The third kappa shape index (κ3) is 3.97. The van der Waals surface area contributed by atoms with Crippen molar-refractivity contribution in [3.63, 3.8) is 0 Å². The lowest BCUT2D eigenvalue weighted by atomic mass is 10.3.